The third-order valence-electron chi connectivity index (χ3n) is 5.90. The van der Waals surface area contributed by atoms with Crippen LogP contribution in [0.25, 0.3) is 5.76 Å². The van der Waals surface area contributed by atoms with Crippen molar-refractivity contribution in [2.45, 2.75) is 12.5 Å². The third kappa shape index (κ3) is 2.90. The topological polar surface area (TPSA) is 96.4 Å². The summed E-state index contributed by atoms with van der Waals surface area (Å²) in [6.45, 7) is 2.47. The standard InChI is InChI=1S/C24H24N2O6/c1-4-32-16-11-9-15(10-12-16)20(27)19-21(28)22(29)26(13-14-31-3)24(19)17-7-5-6-8-18(17)25(2)23(24)30/h5-12,27H,4,13-14H2,1-3H3/t24-/m1/s1. The first-order valence-corrected chi connectivity index (χ1v) is 10.3. The predicted octanol–water partition coefficient (Wildman–Crippen LogP) is 2.28. The van der Waals surface area contributed by atoms with E-state index < -0.39 is 28.9 Å². The van der Waals surface area contributed by atoms with Crippen molar-refractivity contribution in [3.8, 4) is 5.75 Å². The number of likely N-dealkylation sites (N-methyl/N-ethyl adjacent to an activating group) is 1. The number of aliphatic hydroxyl groups is 1. The average molecular weight is 436 g/mol. The molecule has 0 bridgehead atoms. The molecule has 2 heterocycles. The van der Waals surface area contributed by atoms with Crippen molar-refractivity contribution in [2.24, 2.45) is 0 Å². The summed E-state index contributed by atoms with van der Waals surface area (Å²) in [6, 6.07) is 13.4. The van der Waals surface area contributed by atoms with E-state index in [2.05, 4.69) is 0 Å². The highest BCUT2D eigenvalue weighted by atomic mass is 16.5. The van der Waals surface area contributed by atoms with E-state index in [0.29, 0.717) is 29.2 Å². The molecule has 0 unspecified atom stereocenters. The second kappa shape index (κ2) is 8.12. The van der Waals surface area contributed by atoms with Gasteiger partial charge in [-0.25, -0.2) is 0 Å². The number of hydrogen-bond donors (Lipinski definition) is 1. The minimum absolute atomic E-state index is 0.00897. The number of fused-ring (bicyclic) bond motifs is 2. The van der Waals surface area contributed by atoms with Gasteiger partial charge in [0, 0.05) is 37.5 Å². The van der Waals surface area contributed by atoms with Gasteiger partial charge in [-0.1, -0.05) is 18.2 Å². The number of carbonyl (C=O) groups excluding carboxylic acids is 3. The molecule has 0 radical (unpaired) electrons. The molecule has 0 aliphatic carbocycles. The molecule has 2 aliphatic rings. The zero-order chi connectivity index (χ0) is 23.0. The molecule has 1 atom stereocenters. The lowest BCUT2D eigenvalue weighted by Gasteiger charge is -2.34. The van der Waals surface area contributed by atoms with Crippen molar-refractivity contribution in [3.63, 3.8) is 0 Å². The molecule has 166 valence electrons. The third-order valence-corrected chi connectivity index (χ3v) is 5.90. The molecule has 2 amide bonds. The lowest BCUT2D eigenvalue weighted by molar-refractivity contribution is -0.144. The van der Waals surface area contributed by atoms with E-state index >= 15 is 0 Å². The normalized spacial score (nSPS) is 21.5. The van der Waals surface area contributed by atoms with Gasteiger partial charge in [0.25, 0.3) is 17.6 Å². The SMILES string of the molecule is CCOc1ccc(C(O)=C2C(=O)C(=O)N(CCOC)[C@@]23C(=O)N(C)c2ccccc23)cc1. The summed E-state index contributed by atoms with van der Waals surface area (Å²) in [5.41, 5.74) is -0.669. The van der Waals surface area contributed by atoms with Crippen molar-refractivity contribution in [1.82, 2.24) is 4.90 Å². The van der Waals surface area contributed by atoms with Crippen LogP contribution in [-0.2, 0) is 24.7 Å². The van der Waals surface area contributed by atoms with Crippen molar-refractivity contribution < 1.29 is 29.0 Å². The monoisotopic (exact) mass is 436 g/mol. The highest BCUT2D eigenvalue weighted by Gasteiger charge is 2.66. The first-order valence-electron chi connectivity index (χ1n) is 10.3. The summed E-state index contributed by atoms with van der Waals surface area (Å²) in [4.78, 5) is 42.7. The van der Waals surface area contributed by atoms with Crippen molar-refractivity contribution in [2.75, 3.05) is 38.8 Å². The van der Waals surface area contributed by atoms with Gasteiger partial charge in [-0.05, 0) is 37.3 Å². The molecule has 32 heavy (non-hydrogen) atoms. The first kappa shape index (κ1) is 21.6. The lowest BCUT2D eigenvalue weighted by Crippen LogP contribution is -2.52. The van der Waals surface area contributed by atoms with E-state index in [9.17, 15) is 19.5 Å². The van der Waals surface area contributed by atoms with Crippen LogP contribution < -0.4 is 9.64 Å². The van der Waals surface area contributed by atoms with Crippen LogP contribution in [0.3, 0.4) is 0 Å². The Labute approximate surface area is 185 Å². The Morgan fingerprint density at radius 2 is 1.75 bits per heavy atom. The van der Waals surface area contributed by atoms with E-state index in [1.54, 1.807) is 55.6 Å². The van der Waals surface area contributed by atoms with Gasteiger partial charge in [0.2, 0.25) is 0 Å². The second-order valence-electron chi connectivity index (χ2n) is 7.55. The smallest absolute Gasteiger partial charge is 0.296 e. The Bertz CT molecular complexity index is 1120. The van der Waals surface area contributed by atoms with Gasteiger partial charge in [0.15, 0.2) is 5.54 Å². The Morgan fingerprint density at radius 3 is 2.41 bits per heavy atom. The van der Waals surface area contributed by atoms with E-state index in [4.69, 9.17) is 9.47 Å². The van der Waals surface area contributed by atoms with Crippen LogP contribution in [0.5, 0.6) is 5.75 Å². The maximum Gasteiger partial charge on any atom is 0.296 e. The maximum absolute atomic E-state index is 13.7. The maximum atomic E-state index is 13.7. The fourth-order valence-corrected chi connectivity index (χ4v) is 4.47. The van der Waals surface area contributed by atoms with Crippen LogP contribution in [-0.4, -0.2) is 61.5 Å². The molecule has 0 aromatic heterocycles. The Hall–Kier alpha value is -3.65. The number of likely N-dealkylation sites (tertiary alicyclic amines) is 1. The molecular formula is C24H24N2O6. The number of amides is 2. The number of rotatable bonds is 6. The summed E-state index contributed by atoms with van der Waals surface area (Å²) >= 11 is 0. The number of ether oxygens (including phenoxy) is 2. The van der Waals surface area contributed by atoms with Crippen LogP contribution in [0.15, 0.2) is 54.1 Å². The molecule has 2 aliphatic heterocycles. The molecule has 4 rings (SSSR count). The fourth-order valence-electron chi connectivity index (χ4n) is 4.47. The highest BCUT2D eigenvalue weighted by Crippen LogP contribution is 2.53. The second-order valence-corrected chi connectivity index (χ2v) is 7.55. The molecular weight excluding hydrogens is 412 g/mol. The molecule has 8 heteroatoms. The van der Waals surface area contributed by atoms with Crippen LogP contribution in [0, 0.1) is 0 Å². The zero-order valence-corrected chi connectivity index (χ0v) is 18.1. The number of ketones is 1. The van der Waals surface area contributed by atoms with Crippen molar-refractivity contribution in [1.29, 1.82) is 0 Å². The molecule has 1 saturated heterocycles. The van der Waals surface area contributed by atoms with E-state index in [-0.39, 0.29) is 18.7 Å². The van der Waals surface area contributed by atoms with Crippen LogP contribution in [0.4, 0.5) is 5.69 Å². The van der Waals surface area contributed by atoms with Crippen molar-refractivity contribution in [3.05, 3.63) is 65.2 Å². The van der Waals surface area contributed by atoms with E-state index in [1.807, 2.05) is 6.92 Å². The van der Waals surface area contributed by atoms with Gasteiger partial charge in [-0.2, -0.15) is 0 Å². The number of para-hydroxylation sites is 1. The number of carbonyl (C=O) groups is 3. The van der Waals surface area contributed by atoms with E-state index in [0.717, 1.165) is 0 Å². The van der Waals surface area contributed by atoms with Crippen LogP contribution in [0.1, 0.15) is 18.1 Å². The Kier molecular flexibility index (Phi) is 5.48. The van der Waals surface area contributed by atoms with Gasteiger partial charge in [-0.3, -0.25) is 14.4 Å². The van der Waals surface area contributed by atoms with Gasteiger partial charge in [-0.15, -0.1) is 0 Å². The molecule has 0 saturated carbocycles. The number of nitrogens with zero attached hydrogens (tertiary/aromatic N) is 2. The quantitative estimate of drug-likeness (QED) is 0.424. The fraction of sp³-hybridized carbons (Fsp3) is 0.292. The Balaban J connectivity index is 1.98. The van der Waals surface area contributed by atoms with E-state index in [1.165, 1.54) is 16.9 Å². The summed E-state index contributed by atoms with van der Waals surface area (Å²) < 4.78 is 10.6. The summed E-state index contributed by atoms with van der Waals surface area (Å²) in [5, 5.41) is 11.3. The molecule has 2 aromatic rings. The lowest BCUT2D eigenvalue weighted by atomic mass is 9.82. The van der Waals surface area contributed by atoms with Crippen molar-refractivity contribution >= 4 is 29.0 Å². The Morgan fingerprint density at radius 1 is 1.06 bits per heavy atom. The van der Waals surface area contributed by atoms with Crippen LogP contribution in [0.2, 0.25) is 0 Å². The number of methoxy groups -OCH3 is 1. The molecule has 8 nitrogen and oxygen atoms in total. The number of anilines is 1. The molecule has 1 fully saturated rings. The minimum atomic E-state index is -1.76. The predicted molar refractivity (Wildman–Crippen MR) is 117 cm³/mol. The zero-order valence-electron chi connectivity index (χ0n) is 18.1. The molecule has 2 aromatic carbocycles. The van der Waals surface area contributed by atoms with Gasteiger partial charge in [0.1, 0.15) is 11.5 Å². The number of hydrogen-bond acceptors (Lipinski definition) is 6. The number of benzene rings is 2. The largest absolute Gasteiger partial charge is 0.507 e. The summed E-state index contributed by atoms with van der Waals surface area (Å²) in [5.74, 6) is -2.06. The minimum Gasteiger partial charge on any atom is -0.507 e. The van der Waals surface area contributed by atoms with Gasteiger partial charge in [0.05, 0.1) is 18.8 Å². The number of aliphatic hydroxyl groups excluding tert-OH is 1. The summed E-state index contributed by atoms with van der Waals surface area (Å²) in [7, 11) is 3.06. The highest BCUT2D eigenvalue weighted by molar-refractivity contribution is 6.50. The number of Topliss-reactive ketones (excluding diaryl/α,β-unsaturated/α-hetero) is 1. The first-order chi connectivity index (χ1) is 15.4. The van der Waals surface area contributed by atoms with Crippen LogP contribution >= 0.6 is 0 Å². The molecule has 1 spiro atoms. The summed E-state index contributed by atoms with van der Waals surface area (Å²) in [6.07, 6.45) is 0. The van der Waals surface area contributed by atoms with Gasteiger partial charge < -0.3 is 24.4 Å². The van der Waals surface area contributed by atoms with Gasteiger partial charge >= 0.3 is 0 Å². The average Bonchev–Trinajstić information content (AvgIpc) is 3.16. The molecule has 1 N–H and O–H groups in total.